The molecule has 2 N–H and O–H groups in total. The number of hydrogen-bond acceptors (Lipinski definition) is 5. The highest BCUT2D eigenvalue weighted by Crippen LogP contribution is 2.29. The van der Waals surface area contributed by atoms with Gasteiger partial charge in [0.25, 0.3) is 0 Å². The van der Waals surface area contributed by atoms with Crippen LogP contribution in [0.15, 0.2) is 60.8 Å². The van der Waals surface area contributed by atoms with Crippen molar-refractivity contribution >= 4 is 17.0 Å². The van der Waals surface area contributed by atoms with Gasteiger partial charge in [0.2, 0.25) is 5.95 Å². The lowest BCUT2D eigenvalue weighted by Gasteiger charge is -2.02. The highest BCUT2D eigenvalue weighted by molar-refractivity contribution is 5.92. The number of anilines is 1. The fraction of sp³-hybridized carbons (Fsp3) is 0.0556. The predicted molar refractivity (Wildman–Crippen MR) is 93.1 cm³/mol. The Labute approximate surface area is 138 Å². The van der Waals surface area contributed by atoms with Crippen LogP contribution in [0.3, 0.4) is 0 Å². The van der Waals surface area contributed by atoms with Gasteiger partial charge in [-0.3, -0.25) is 0 Å². The number of nitrogens with zero attached hydrogens (tertiary/aromatic N) is 4. The number of para-hydroxylation sites is 1. The van der Waals surface area contributed by atoms with Gasteiger partial charge in [-0.15, -0.1) is 0 Å². The van der Waals surface area contributed by atoms with Crippen molar-refractivity contribution in [3.8, 4) is 22.7 Å². The molecule has 0 amide bonds. The molecule has 0 aliphatic rings. The van der Waals surface area contributed by atoms with Gasteiger partial charge in [0.1, 0.15) is 11.4 Å². The quantitative estimate of drug-likeness (QED) is 0.628. The van der Waals surface area contributed by atoms with Gasteiger partial charge in [0.05, 0.1) is 18.2 Å². The highest BCUT2D eigenvalue weighted by Gasteiger charge is 2.15. The first-order valence-electron chi connectivity index (χ1n) is 7.47. The molecular formula is C18H15N5O. The van der Waals surface area contributed by atoms with Crippen molar-refractivity contribution in [1.29, 1.82) is 0 Å². The second kappa shape index (κ2) is 5.66. The van der Waals surface area contributed by atoms with E-state index in [1.165, 1.54) is 0 Å². The van der Waals surface area contributed by atoms with E-state index in [2.05, 4.69) is 9.97 Å². The highest BCUT2D eigenvalue weighted by atomic mass is 16.5. The summed E-state index contributed by atoms with van der Waals surface area (Å²) in [6, 6.07) is 17.6. The first kappa shape index (κ1) is 14.2. The van der Waals surface area contributed by atoms with Crippen LogP contribution in [0.5, 0.6) is 5.75 Å². The van der Waals surface area contributed by atoms with Crippen molar-refractivity contribution in [3.05, 3.63) is 60.8 Å². The van der Waals surface area contributed by atoms with E-state index in [1.54, 1.807) is 18.0 Å². The van der Waals surface area contributed by atoms with Crippen LogP contribution in [0, 0.1) is 0 Å². The number of aromatic nitrogens is 4. The molecule has 2 aromatic carbocycles. The Morgan fingerprint density at radius 3 is 2.46 bits per heavy atom. The summed E-state index contributed by atoms with van der Waals surface area (Å²) in [6.45, 7) is 0. The molecule has 0 aliphatic heterocycles. The van der Waals surface area contributed by atoms with Gasteiger partial charge in [0.15, 0.2) is 5.65 Å². The number of fused-ring (bicyclic) bond motifs is 1. The van der Waals surface area contributed by atoms with E-state index in [0.717, 1.165) is 28.1 Å². The van der Waals surface area contributed by atoms with Crippen LogP contribution in [0.25, 0.3) is 28.0 Å². The van der Waals surface area contributed by atoms with E-state index in [4.69, 9.17) is 15.6 Å². The summed E-state index contributed by atoms with van der Waals surface area (Å²) in [5, 5.41) is 5.59. The molecule has 0 fully saturated rings. The third-order valence-electron chi connectivity index (χ3n) is 3.81. The fourth-order valence-corrected chi connectivity index (χ4v) is 2.63. The number of ether oxygens (including phenoxy) is 1. The van der Waals surface area contributed by atoms with Crippen molar-refractivity contribution in [2.45, 2.75) is 0 Å². The number of nitrogen functional groups attached to an aromatic ring is 1. The van der Waals surface area contributed by atoms with Crippen molar-refractivity contribution in [2.75, 3.05) is 12.8 Å². The molecule has 24 heavy (non-hydrogen) atoms. The van der Waals surface area contributed by atoms with Crippen molar-refractivity contribution < 1.29 is 4.74 Å². The number of benzene rings is 2. The molecule has 2 heterocycles. The maximum atomic E-state index is 5.78. The molecule has 0 radical (unpaired) electrons. The Balaban J connectivity index is 1.96. The molecule has 4 rings (SSSR count). The average Bonchev–Trinajstić information content (AvgIpc) is 3.01. The van der Waals surface area contributed by atoms with Crippen molar-refractivity contribution in [1.82, 2.24) is 19.7 Å². The third kappa shape index (κ3) is 2.34. The zero-order chi connectivity index (χ0) is 16.5. The Bertz CT molecular complexity index is 993. The zero-order valence-corrected chi connectivity index (χ0v) is 13.0. The van der Waals surface area contributed by atoms with Gasteiger partial charge in [-0.05, 0) is 36.4 Å². The average molecular weight is 317 g/mol. The molecule has 0 saturated heterocycles. The van der Waals surface area contributed by atoms with E-state index in [9.17, 15) is 0 Å². The van der Waals surface area contributed by atoms with Gasteiger partial charge >= 0.3 is 0 Å². The summed E-state index contributed by atoms with van der Waals surface area (Å²) in [5.41, 5.74) is 9.14. The fourth-order valence-electron chi connectivity index (χ4n) is 2.63. The monoisotopic (exact) mass is 317 g/mol. The molecule has 118 valence electrons. The van der Waals surface area contributed by atoms with Crippen LogP contribution >= 0.6 is 0 Å². The maximum Gasteiger partial charge on any atom is 0.222 e. The minimum atomic E-state index is 0.223. The molecule has 0 bridgehead atoms. The molecule has 0 atom stereocenters. The van der Waals surface area contributed by atoms with Gasteiger partial charge in [-0.2, -0.15) is 10.1 Å². The second-order valence-corrected chi connectivity index (χ2v) is 5.29. The summed E-state index contributed by atoms with van der Waals surface area (Å²) in [6.07, 6.45) is 1.71. The minimum absolute atomic E-state index is 0.223. The third-order valence-corrected chi connectivity index (χ3v) is 3.81. The summed E-state index contributed by atoms with van der Waals surface area (Å²) < 4.78 is 7.00. The summed E-state index contributed by atoms with van der Waals surface area (Å²) in [4.78, 5) is 8.50. The van der Waals surface area contributed by atoms with Crippen LogP contribution in [0.4, 0.5) is 5.95 Å². The maximum absolute atomic E-state index is 5.78. The molecule has 2 aromatic heterocycles. The van der Waals surface area contributed by atoms with Crippen molar-refractivity contribution in [2.24, 2.45) is 0 Å². The Morgan fingerprint density at radius 1 is 1.00 bits per heavy atom. The van der Waals surface area contributed by atoms with Crippen LogP contribution in [0.2, 0.25) is 0 Å². The molecule has 0 aliphatic carbocycles. The summed E-state index contributed by atoms with van der Waals surface area (Å²) in [7, 11) is 1.64. The lowest BCUT2D eigenvalue weighted by atomic mass is 10.1. The molecule has 6 nitrogen and oxygen atoms in total. The predicted octanol–water partition coefficient (Wildman–Crippen LogP) is 3.07. The van der Waals surface area contributed by atoms with Gasteiger partial charge < -0.3 is 10.5 Å². The van der Waals surface area contributed by atoms with E-state index in [-0.39, 0.29) is 5.95 Å². The Morgan fingerprint density at radius 2 is 1.75 bits per heavy atom. The molecule has 0 saturated carbocycles. The normalized spacial score (nSPS) is 10.9. The molecular weight excluding hydrogens is 302 g/mol. The van der Waals surface area contributed by atoms with E-state index < -0.39 is 0 Å². The SMILES string of the molecule is COc1ccc(-c2nn(-c3ccccc3)c3nc(N)ncc23)cc1. The van der Waals surface area contributed by atoms with Gasteiger partial charge in [-0.1, -0.05) is 18.2 Å². The van der Waals surface area contributed by atoms with Crippen LogP contribution in [0.1, 0.15) is 0 Å². The summed E-state index contributed by atoms with van der Waals surface area (Å²) >= 11 is 0. The molecule has 6 heteroatoms. The van der Waals surface area contributed by atoms with Crippen molar-refractivity contribution in [3.63, 3.8) is 0 Å². The Hall–Kier alpha value is -3.41. The lowest BCUT2D eigenvalue weighted by molar-refractivity contribution is 0.415. The topological polar surface area (TPSA) is 78.8 Å². The summed E-state index contributed by atoms with van der Waals surface area (Å²) in [5.74, 6) is 1.02. The van der Waals surface area contributed by atoms with E-state index >= 15 is 0 Å². The van der Waals surface area contributed by atoms with Gasteiger partial charge in [0, 0.05) is 11.8 Å². The molecule has 0 spiro atoms. The Kier molecular flexibility index (Phi) is 3.35. The lowest BCUT2D eigenvalue weighted by Crippen LogP contribution is -2.00. The number of nitrogens with two attached hydrogens (primary N) is 1. The van der Waals surface area contributed by atoms with E-state index in [0.29, 0.717) is 5.65 Å². The number of rotatable bonds is 3. The van der Waals surface area contributed by atoms with Crippen LogP contribution < -0.4 is 10.5 Å². The molecule has 0 unspecified atom stereocenters. The zero-order valence-electron chi connectivity index (χ0n) is 13.0. The number of methoxy groups -OCH3 is 1. The first-order valence-corrected chi connectivity index (χ1v) is 7.47. The van der Waals surface area contributed by atoms with E-state index in [1.807, 2.05) is 54.6 Å². The minimum Gasteiger partial charge on any atom is -0.497 e. The first-order chi connectivity index (χ1) is 11.8. The van der Waals surface area contributed by atoms with Crippen LogP contribution in [-0.4, -0.2) is 26.9 Å². The van der Waals surface area contributed by atoms with Crippen LogP contribution in [-0.2, 0) is 0 Å². The largest absolute Gasteiger partial charge is 0.497 e. The smallest absolute Gasteiger partial charge is 0.222 e. The molecule has 4 aromatic rings. The number of hydrogen-bond donors (Lipinski definition) is 1. The second-order valence-electron chi connectivity index (χ2n) is 5.29. The van der Waals surface area contributed by atoms with Gasteiger partial charge in [-0.25, -0.2) is 9.67 Å². The standard InChI is InChI=1S/C18H15N5O/c1-24-14-9-7-12(8-10-14)16-15-11-20-18(19)21-17(15)23(22-16)13-5-3-2-4-6-13/h2-11H,1H3,(H2,19,20,21).